The summed E-state index contributed by atoms with van der Waals surface area (Å²) in [6.07, 6.45) is 1.06. The van der Waals surface area contributed by atoms with Gasteiger partial charge in [-0.15, -0.1) is 0 Å². The van der Waals surface area contributed by atoms with Gasteiger partial charge in [-0.1, -0.05) is 23.2 Å². The molecular weight excluding hydrogens is 285 g/mol. The molecular formula is C14H21Cl2NO2. The largest absolute Gasteiger partial charge is 0.489 e. The molecule has 1 aromatic rings. The molecule has 1 unspecified atom stereocenters. The van der Waals surface area contributed by atoms with Gasteiger partial charge in [-0.05, 0) is 45.0 Å². The van der Waals surface area contributed by atoms with Crippen LogP contribution in [0.3, 0.4) is 0 Å². The molecule has 5 heteroatoms. The Hall–Kier alpha value is -0.480. The van der Waals surface area contributed by atoms with Crippen LogP contribution in [0.4, 0.5) is 0 Å². The minimum Gasteiger partial charge on any atom is -0.489 e. The fourth-order valence-corrected chi connectivity index (χ4v) is 2.13. The first-order valence-electron chi connectivity index (χ1n) is 6.53. The van der Waals surface area contributed by atoms with Gasteiger partial charge in [-0.3, -0.25) is 0 Å². The van der Waals surface area contributed by atoms with Crippen LogP contribution in [0, 0.1) is 0 Å². The minimum atomic E-state index is 0.0571. The third kappa shape index (κ3) is 7.63. The number of ether oxygens (including phenoxy) is 2. The number of halogens is 2. The van der Waals surface area contributed by atoms with E-state index in [1.54, 1.807) is 18.2 Å². The Morgan fingerprint density at radius 3 is 2.53 bits per heavy atom. The van der Waals surface area contributed by atoms with Crippen molar-refractivity contribution in [1.29, 1.82) is 0 Å². The monoisotopic (exact) mass is 305 g/mol. The van der Waals surface area contributed by atoms with Crippen LogP contribution in [-0.4, -0.2) is 32.4 Å². The van der Waals surface area contributed by atoms with Gasteiger partial charge in [-0.2, -0.15) is 0 Å². The molecule has 0 aliphatic heterocycles. The van der Waals surface area contributed by atoms with Crippen LogP contribution in [0.1, 0.15) is 20.3 Å². The molecule has 0 aliphatic carbocycles. The third-order valence-electron chi connectivity index (χ3n) is 2.45. The normalized spacial score (nSPS) is 12.4. The van der Waals surface area contributed by atoms with E-state index in [9.17, 15) is 0 Å². The Kier molecular flexibility index (Phi) is 8.22. The van der Waals surface area contributed by atoms with Crippen LogP contribution in [0.5, 0.6) is 5.75 Å². The predicted molar refractivity (Wildman–Crippen MR) is 80.5 cm³/mol. The summed E-state index contributed by atoms with van der Waals surface area (Å²) >= 11 is 11.8. The van der Waals surface area contributed by atoms with Crippen molar-refractivity contribution in [3.63, 3.8) is 0 Å². The number of hydrogen-bond acceptors (Lipinski definition) is 3. The highest BCUT2D eigenvalue weighted by Gasteiger charge is 2.05. The second-order valence-electron chi connectivity index (χ2n) is 4.29. The molecule has 3 nitrogen and oxygen atoms in total. The predicted octanol–water partition coefficient (Wildman–Crippen LogP) is 3.78. The molecule has 0 bridgehead atoms. The van der Waals surface area contributed by atoms with Crippen LogP contribution in [0.25, 0.3) is 0 Å². The molecule has 0 spiro atoms. The topological polar surface area (TPSA) is 30.5 Å². The van der Waals surface area contributed by atoms with Gasteiger partial charge in [0, 0.05) is 29.8 Å². The number of nitrogens with one attached hydrogen (secondary N) is 1. The van der Waals surface area contributed by atoms with Gasteiger partial charge < -0.3 is 14.8 Å². The lowest BCUT2D eigenvalue weighted by molar-refractivity contribution is 0.143. The Balaban J connectivity index is 2.21. The number of hydrogen-bond donors (Lipinski definition) is 1. The molecule has 0 saturated heterocycles. The van der Waals surface area contributed by atoms with E-state index in [0.717, 1.165) is 32.7 Å². The Morgan fingerprint density at radius 2 is 1.89 bits per heavy atom. The van der Waals surface area contributed by atoms with Crippen molar-refractivity contribution in [2.75, 3.05) is 26.3 Å². The molecule has 1 N–H and O–H groups in total. The van der Waals surface area contributed by atoms with Crippen molar-refractivity contribution in [2.45, 2.75) is 26.4 Å². The van der Waals surface area contributed by atoms with Crippen LogP contribution >= 0.6 is 23.2 Å². The summed E-state index contributed by atoms with van der Waals surface area (Å²) in [4.78, 5) is 0. The summed E-state index contributed by atoms with van der Waals surface area (Å²) in [7, 11) is 0. The highest BCUT2D eigenvalue weighted by molar-refractivity contribution is 6.34. The van der Waals surface area contributed by atoms with E-state index in [4.69, 9.17) is 32.7 Å². The molecule has 0 aromatic heterocycles. The summed E-state index contributed by atoms with van der Waals surface area (Å²) in [6, 6.07) is 5.21. The maximum absolute atomic E-state index is 5.91. The lowest BCUT2D eigenvalue weighted by Crippen LogP contribution is -2.30. The minimum absolute atomic E-state index is 0.0571. The molecule has 0 heterocycles. The highest BCUT2D eigenvalue weighted by Crippen LogP contribution is 2.24. The van der Waals surface area contributed by atoms with Crippen molar-refractivity contribution >= 4 is 23.2 Å². The van der Waals surface area contributed by atoms with E-state index >= 15 is 0 Å². The quantitative estimate of drug-likeness (QED) is 0.704. The van der Waals surface area contributed by atoms with Crippen molar-refractivity contribution in [3.05, 3.63) is 28.2 Å². The van der Waals surface area contributed by atoms with Crippen LogP contribution < -0.4 is 10.1 Å². The van der Waals surface area contributed by atoms with E-state index in [-0.39, 0.29) is 6.10 Å². The summed E-state index contributed by atoms with van der Waals surface area (Å²) in [5, 5.41) is 4.49. The average Bonchev–Trinajstić information content (AvgIpc) is 2.32. The van der Waals surface area contributed by atoms with Gasteiger partial charge in [-0.25, -0.2) is 0 Å². The van der Waals surface area contributed by atoms with Gasteiger partial charge in [0.1, 0.15) is 11.9 Å². The van der Waals surface area contributed by atoms with E-state index < -0.39 is 0 Å². The molecule has 0 fully saturated rings. The molecule has 0 aliphatic rings. The van der Waals surface area contributed by atoms with Crippen LogP contribution in [-0.2, 0) is 4.74 Å². The first-order valence-corrected chi connectivity index (χ1v) is 7.28. The summed E-state index contributed by atoms with van der Waals surface area (Å²) in [5.41, 5.74) is 0. The van der Waals surface area contributed by atoms with Crippen molar-refractivity contribution in [2.24, 2.45) is 0 Å². The summed E-state index contributed by atoms with van der Waals surface area (Å²) < 4.78 is 11.0. The SMILES string of the molecule is CCOCCCNCC(C)Oc1cc(Cl)cc(Cl)c1. The molecule has 0 amide bonds. The first-order chi connectivity index (χ1) is 9.11. The van der Waals surface area contributed by atoms with E-state index in [1.165, 1.54) is 0 Å². The van der Waals surface area contributed by atoms with Gasteiger partial charge in [0.05, 0.1) is 0 Å². The summed E-state index contributed by atoms with van der Waals surface area (Å²) in [6.45, 7) is 7.27. The van der Waals surface area contributed by atoms with Crippen LogP contribution in [0.2, 0.25) is 10.0 Å². The van der Waals surface area contributed by atoms with E-state index in [0.29, 0.717) is 15.8 Å². The zero-order valence-corrected chi connectivity index (χ0v) is 12.9. The number of rotatable bonds is 9. The Labute approximate surface area is 125 Å². The molecule has 108 valence electrons. The molecule has 0 saturated carbocycles. The van der Waals surface area contributed by atoms with E-state index in [2.05, 4.69) is 5.32 Å². The zero-order chi connectivity index (χ0) is 14.1. The molecule has 1 rings (SSSR count). The van der Waals surface area contributed by atoms with Crippen molar-refractivity contribution in [3.8, 4) is 5.75 Å². The van der Waals surface area contributed by atoms with Crippen molar-refractivity contribution < 1.29 is 9.47 Å². The van der Waals surface area contributed by atoms with Crippen LogP contribution in [0.15, 0.2) is 18.2 Å². The maximum atomic E-state index is 5.91. The third-order valence-corrected chi connectivity index (χ3v) is 2.89. The smallest absolute Gasteiger partial charge is 0.122 e. The zero-order valence-electron chi connectivity index (χ0n) is 11.4. The maximum Gasteiger partial charge on any atom is 0.122 e. The fraction of sp³-hybridized carbons (Fsp3) is 0.571. The van der Waals surface area contributed by atoms with Gasteiger partial charge in [0.2, 0.25) is 0 Å². The number of benzene rings is 1. The Bertz CT molecular complexity index is 354. The highest BCUT2D eigenvalue weighted by atomic mass is 35.5. The first kappa shape index (κ1) is 16.6. The lowest BCUT2D eigenvalue weighted by atomic mass is 10.3. The van der Waals surface area contributed by atoms with Gasteiger partial charge in [0.25, 0.3) is 0 Å². The Morgan fingerprint density at radius 1 is 1.21 bits per heavy atom. The second-order valence-corrected chi connectivity index (χ2v) is 5.16. The lowest BCUT2D eigenvalue weighted by Gasteiger charge is -2.16. The average molecular weight is 306 g/mol. The molecule has 0 radical (unpaired) electrons. The second kappa shape index (κ2) is 9.43. The molecule has 19 heavy (non-hydrogen) atoms. The fourth-order valence-electron chi connectivity index (χ4n) is 1.62. The standard InChI is InChI=1S/C14H21Cl2NO2/c1-3-18-6-4-5-17-10-11(2)19-14-8-12(15)7-13(16)9-14/h7-9,11,17H,3-6,10H2,1-2H3. The summed E-state index contributed by atoms with van der Waals surface area (Å²) in [5.74, 6) is 0.695. The molecule has 1 atom stereocenters. The van der Waals surface area contributed by atoms with Gasteiger partial charge in [0.15, 0.2) is 0 Å². The van der Waals surface area contributed by atoms with Gasteiger partial charge >= 0.3 is 0 Å². The van der Waals surface area contributed by atoms with Crippen molar-refractivity contribution in [1.82, 2.24) is 5.32 Å². The van der Waals surface area contributed by atoms with E-state index in [1.807, 2.05) is 13.8 Å². The molecule has 1 aromatic carbocycles.